The Labute approximate surface area is 87.6 Å². The summed E-state index contributed by atoms with van der Waals surface area (Å²) in [7, 11) is 0. The third-order valence-electron chi connectivity index (χ3n) is 2.37. The van der Waals surface area contributed by atoms with Gasteiger partial charge < -0.3 is 10.6 Å². The Morgan fingerprint density at radius 2 is 1.79 bits per heavy atom. The van der Waals surface area contributed by atoms with E-state index in [0.29, 0.717) is 18.4 Å². The Bertz CT molecular complexity index is 167. The second-order valence-electron chi connectivity index (χ2n) is 4.53. The van der Waals surface area contributed by atoms with E-state index < -0.39 is 0 Å². The van der Waals surface area contributed by atoms with Gasteiger partial charge in [-0.2, -0.15) is 0 Å². The molecule has 0 fully saturated rings. The zero-order valence-electron chi connectivity index (χ0n) is 9.92. The number of nitrogens with two attached hydrogens (primary N) is 1. The SMILES string of the molecule is CC(C)CCN(CCC(N)=O)C(C)C. The predicted octanol–water partition coefficient (Wildman–Crippen LogP) is 1.62. The minimum absolute atomic E-state index is 0.208. The van der Waals surface area contributed by atoms with Crippen LogP contribution in [0, 0.1) is 5.92 Å². The highest BCUT2D eigenvalue weighted by Gasteiger charge is 2.10. The fraction of sp³-hybridized carbons (Fsp3) is 0.909. The van der Waals surface area contributed by atoms with Crippen molar-refractivity contribution in [1.29, 1.82) is 0 Å². The Hall–Kier alpha value is -0.570. The maximum atomic E-state index is 10.7. The Balaban J connectivity index is 3.84. The van der Waals surface area contributed by atoms with E-state index in [-0.39, 0.29) is 5.91 Å². The molecule has 0 aromatic heterocycles. The van der Waals surface area contributed by atoms with E-state index >= 15 is 0 Å². The lowest BCUT2D eigenvalue weighted by Crippen LogP contribution is -2.35. The number of primary amides is 1. The van der Waals surface area contributed by atoms with Crippen molar-refractivity contribution in [2.24, 2.45) is 11.7 Å². The van der Waals surface area contributed by atoms with Crippen LogP contribution in [0.1, 0.15) is 40.5 Å². The first kappa shape index (κ1) is 13.4. The molecule has 84 valence electrons. The summed E-state index contributed by atoms with van der Waals surface area (Å²) < 4.78 is 0. The van der Waals surface area contributed by atoms with Crippen molar-refractivity contribution in [1.82, 2.24) is 4.90 Å². The number of rotatable bonds is 7. The van der Waals surface area contributed by atoms with Gasteiger partial charge in [-0.3, -0.25) is 4.79 Å². The minimum atomic E-state index is -0.208. The predicted molar refractivity (Wildman–Crippen MR) is 60.0 cm³/mol. The molecule has 0 aliphatic rings. The van der Waals surface area contributed by atoms with Crippen LogP contribution < -0.4 is 5.73 Å². The summed E-state index contributed by atoms with van der Waals surface area (Å²) in [4.78, 5) is 13.0. The summed E-state index contributed by atoms with van der Waals surface area (Å²) in [6.45, 7) is 10.6. The van der Waals surface area contributed by atoms with Gasteiger partial charge in [0.05, 0.1) is 0 Å². The maximum Gasteiger partial charge on any atom is 0.218 e. The Morgan fingerprint density at radius 3 is 2.14 bits per heavy atom. The van der Waals surface area contributed by atoms with Gasteiger partial charge in [0.25, 0.3) is 0 Å². The van der Waals surface area contributed by atoms with Crippen LogP contribution in [0.2, 0.25) is 0 Å². The molecule has 0 rings (SSSR count). The van der Waals surface area contributed by atoms with Crippen molar-refractivity contribution < 1.29 is 4.79 Å². The van der Waals surface area contributed by atoms with Gasteiger partial charge in [0.15, 0.2) is 0 Å². The molecule has 0 atom stereocenters. The third-order valence-corrected chi connectivity index (χ3v) is 2.37. The van der Waals surface area contributed by atoms with Crippen LogP contribution in [-0.4, -0.2) is 29.9 Å². The Morgan fingerprint density at radius 1 is 1.21 bits per heavy atom. The number of hydrogen-bond donors (Lipinski definition) is 1. The van der Waals surface area contributed by atoms with Crippen LogP contribution in [-0.2, 0) is 4.79 Å². The van der Waals surface area contributed by atoms with Crippen LogP contribution in [0.5, 0.6) is 0 Å². The quantitative estimate of drug-likeness (QED) is 0.679. The first-order chi connectivity index (χ1) is 6.43. The van der Waals surface area contributed by atoms with Gasteiger partial charge in [0, 0.05) is 19.0 Å². The van der Waals surface area contributed by atoms with Crippen LogP contribution in [0.4, 0.5) is 0 Å². The van der Waals surface area contributed by atoms with Gasteiger partial charge in [0.1, 0.15) is 0 Å². The number of hydrogen-bond acceptors (Lipinski definition) is 2. The molecule has 0 unspecified atom stereocenters. The first-order valence-corrected chi connectivity index (χ1v) is 5.45. The molecule has 0 aliphatic heterocycles. The number of carbonyl (C=O) groups excluding carboxylic acids is 1. The van der Waals surface area contributed by atoms with E-state index in [1.807, 2.05) is 0 Å². The molecule has 3 heteroatoms. The lowest BCUT2D eigenvalue weighted by molar-refractivity contribution is -0.118. The van der Waals surface area contributed by atoms with Crippen LogP contribution in [0.3, 0.4) is 0 Å². The van der Waals surface area contributed by atoms with Crippen molar-refractivity contribution in [3.05, 3.63) is 0 Å². The molecule has 0 bridgehead atoms. The molecule has 2 N–H and O–H groups in total. The van der Waals surface area contributed by atoms with E-state index in [0.717, 1.165) is 13.1 Å². The van der Waals surface area contributed by atoms with Gasteiger partial charge in [-0.05, 0) is 32.7 Å². The molecule has 0 radical (unpaired) electrons. The molecular formula is C11H24N2O. The van der Waals surface area contributed by atoms with Crippen molar-refractivity contribution >= 4 is 5.91 Å². The molecule has 0 heterocycles. The zero-order chi connectivity index (χ0) is 11.1. The van der Waals surface area contributed by atoms with Crippen LogP contribution >= 0.6 is 0 Å². The van der Waals surface area contributed by atoms with Crippen molar-refractivity contribution in [2.75, 3.05) is 13.1 Å². The third kappa shape index (κ3) is 6.89. The van der Waals surface area contributed by atoms with Crippen molar-refractivity contribution in [3.8, 4) is 0 Å². The second kappa shape index (κ2) is 6.82. The average Bonchev–Trinajstić information content (AvgIpc) is 2.02. The van der Waals surface area contributed by atoms with Crippen molar-refractivity contribution in [3.63, 3.8) is 0 Å². The highest BCUT2D eigenvalue weighted by Crippen LogP contribution is 2.06. The molecule has 0 aromatic rings. The topological polar surface area (TPSA) is 46.3 Å². The van der Waals surface area contributed by atoms with Crippen molar-refractivity contribution in [2.45, 2.75) is 46.6 Å². The second-order valence-corrected chi connectivity index (χ2v) is 4.53. The molecular weight excluding hydrogens is 176 g/mol. The average molecular weight is 200 g/mol. The molecule has 0 aromatic carbocycles. The van der Waals surface area contributed by atoms with Gasteiger partial charge in [-0.15, -0.1) is 0 Å². The van der Waals surface area contributed by atoms with Crippen LogP contribution in [0.25, 0.3) is 0 Å². The van der Waals surface area contributed by atoms with Gasteiger partial charge in [-0.1, -0.05) is 13.8 Å². The molecule has 14 heavy (non-hydrogen) atoms. The Kier molecular flexibility index (Phi) is 6.54. The summed E-state index contributed by atoms with van der Waals surface area (Å²) in [5.74, 6) is 0.505. The molecule has 3 nitrogen and oxygen atoms in total. The molecule has 0 spiro atoms. The first-order valence-electron chi connectivity index (χ1n) is 5.45. The summed E-state index contributed by atoms with van der Waals surface area (Å²) in [5, 5.41) is 0. The van der Waals surface area contributed by atoms with E-state index in [1.165, 1.54) is 6.42 Å². The molecule has 0 aliphatic carbocycles. The van der Waals surface area contributed by atoms with Gasteiger partial charge in [0.2, 0.25) is 5.91 Å². The largest absolute Gasteiger partial charge is 0.370 e. The fourth-order valence-corrected chi connectivity index (χ4v) is 1.31. The van der Waals surface area contributed by atoms with Gasteiger partial charge in [-0.25, -0.2) is 0 Å². The zero-order valence-corrected chi connectivity index (χ0v) is 9.92. The highest BCUT2D eigenvalue weighted by atomic mass is 16.1. The van der Waals surface area contributed by atoms with Gasteiger partial charge >= 0.3 is 0 Å². The monoisotopic (exact) mass is 200 g/mol. The van der Waals surface area contributed by atoms with E-state index in [9.17, 15) is 4.79 Å². The lowest BCUT2D eigenvalue weighted by atomic mass is 10.1. The smallest absolute Gasteiger partial charge is 0.218 e. The standard InChI is InChI=1S/C11H24N2O/c1-9(2)5-7-13(10(3)4)8-6-11(12)14/h9-10H,5-8H2,1-4H3,(H2,12,14). The van der Waals surface area contributed by atoms with E-state index in [2.05, 4.69) is 32.6 Å². The number of amides is 1. The minimum Gasteiger partial charge on any atom is -0.370 e. The molecule has 0 saturated carbocycles. The summed E-state index contributed by atoms with van der Waals surface area (Å²) in [6, 6.07) is 0.494. The van der Waals surface area contributed by atoms with Crippen LogP contribution in [0.15, 0.2) is 0 Å². The number of nitrogens with zero attached hydrogens (tertiary/aromatic N) is 1. The molecule has 0 saturated heterocycles. The highest BCUT2D eigenvalue weighted by molar-refractivity contribution is 5.73. The summed E-state index contributed by atoms with van der Waals surface area (Å²) >= 11 is 0. The maximum absolute atomic E-state index is 10.7. The molecule has 1 amide bonds. The lowest BCUT2D eigenvalue weighted by Gasteiger charge is -2.26. The summed E-state index contributed by atoms with van der Waals surface area (Å²) in [6.07, 6.45) is 1.65. The number of carbonyl (C=O) groups is 1. The normalized spacial score (nSPS) is 11.6. The fourth-order valence-electron chi connectivity index (χ4n) is 1.31. The van der Waals surface area contributed by atoms with E-state index in [4.69, 9.17) is 5.73 Å². The summed E-state index contributed by atoms with van der Waals surface area (Å²) in [5.41, 5.74) is 5.13. The van der Waals surface area contributed by atoms with E-state index in [1.54, 1.807) is 0 Å².